The summed E-state index contributed by atoms with van der Waals surface area (Å²) in [5, 5.41) is 0. The minimum absolute atomic E-state index is 0.00121. The summed E-state index contributed by atoms with van der Waals surface area (Å²) in [5.41, 5.74) is 31.1. The lowest BCUT2D eigenvalue weighted by Crippen LogP contribution is -2.61. The molecule has 0 atom stereocenters. The smallest absolute Gasteiger partial charge is 0.252 e. The number of benzene rings is 9. The van der Waals surface area contributed by atoms with E-state index < -0.39 is 0 Å². The molecular formula is C79H86BN3. The molecule has 0 bridgehead atoms. The first-order valence-electron chi connectivity index (χ1n) is 30.4. The number of nitrogens with zero attached hydrogens (tertiary/aromatic N) is 3. The third-order valence-electron chi connectivity index (χ3n) is 18.6. The largest absolute Gasteiger partial charge is 0.311 e. The zero-order valence-electron chi connectivity index (χ0n) is 53.2. The van der Waals surface area contributed by atoms with Crippen molar-refractivity contribution in [2.45, 2.75) is 164 Å². The summed E-state index contributed by atoms with van der Waals surface area (Å²) in [6, 6.07) is 69.0. The second kappa shape index (κ2) is 19.2. The highest BCUT2D eigenvalue weighted by Gasteiger charge is 2.46. The molecule has 0 spiro atoms. The first-order valence-corrected chi connectivity index (χ1v) is 30.4. The number of anilines is 9. The van der Waals surface area contributed by atoms with Crippen LogP contribution in [-0.4, -0.2) is 6.71 Å². The van der Waals surface area contributed by atoms with Crippen molar-refractivity contribution in [1.29, 1.82) is 0 Å². The number of hydrogen-bond donors (Lipinski definition) is 0. The molecule has 2 aliphatic heterocycles. The van der Waals surface area contributed by atoms with Crippen LogP contribution in [0.1, 0.15) is 168 Å². The maximum absolute atomic E-state index is 2.67. The first kappa shape index (κ1) is 56.0. The maximum Gasteiger partial charge on any atom is 0.252 e. The predicted molar refractivity (Wildman–Crippen MR) is 361 cm³/mol. The molecule has 420 valence electrons. The molecule has 0 radical (unpaired) electrons. The average molecular weight is 1090 g/mol. The van der Waals surface area contributed by atoms with Gasteiger partial charge in [0.15, 0.2) is 0 Å². The van der Waals surface area contributed by atoms with Gasteiger partial charge in [-0.25, -0.2) is 0 Å². The van der Waals surface area contributed by atoms with Gasteiger partial charge in [-0.3, -0.25) is 0 Å². The molecule has 83 heavy (non-hydrogen) atoms. The van der Waals surface area contributed by atoms with E-state index in [1.807, 2.05) is 0 Å². The van der Waals surface area contributed by atoms with E-state index in [0.29, 0.717) is 0 Å². The summed E-state index contributed by atoms with van der Waals surface area (Å²) in [5.74, 6) is 0. The Morgan fingerprint density at radius 2 is 0.880 bits per heavy atom. The van der Waals surface area contributed by atoms with Crippen LogP contribution in [0.15, 0.2) is 176 Å². The van der Waals surface area contributed by atoms with Gasteiger partial charge in [0.2, 0.25) is 0 Å². The molecule has 0 amide bonds. The van der Waals surface area contributed by atoms with Gasteiger partial charge in [0.1, 0.15) is 0 Å². The molecule has 12 rings (SSSR count). The fraction of sp³-hybridized carbons (Fsp3) is 0.316. The molecule has 0 fully saturated rings. The van der Waals surface area contributed by atoms with Crippen LogP contribution in [0, 0.1) is 13.8 Å². The highest BCUT2D eigenvalue weighted by molar-refractivity contribution is 7.00. The van der Waals surface area contributed by atoms with E-state index >= 15 is 0 Å². The van der Waals surface area contributed by atoms with Crippen molar-refractivity contribution >= 4 is 74.3 Å². The molecule has 0 N–H and O–H groups in total. The van der Waals surface area contributed by atoms with Crippen molar-refractivity contribution in [3.63, 3.8) is 0 Å². The normalized spacial score (nSPS) is 14.5. The second-order valence-electron chi connectivity index (χ2n) is 30.1. The third kappa shape index (κ3) is 9.44. The van der Waals surface area contributed by atoms with Gasteiger partial charge in [0, 0.05) is 50.8 Å². The van der Waals surface area contributed by atoms with E-state index in [9.17, 15) is 0 Å². The molecule has 0 saturated carbocycles. The maximum atomic E-state index is 2.67. The van der Waals surface area contributed by atoms with Gasteiger partial charge < -0.3 is 14.7 Å². The van der Waals surface area contributed by atoms with Gasteiger partial charge in [0.25, 0.3) is 6.71 Å². The molecule has 0 aromatic heterocycles. The number of fused-ring (bicyclic) bond motifs is 7. The molecule has 2 heterocycles. The summed E-state index contributed by atoms with van der Waals surface area (Å²) in [4.78, 5) is 7.87. The van der Waals surface area contributed by atoms with Crippen LogP contribution in [0.25, 0.3) is 22.3 Å². The van der Waals surface area contributed by atoms with Crippen LogP contribution in [0.4, 0.5) is 51.2 Å². The lowest BCUT2D eigenvalue weighted by Gasteiger charge is -2.46. The Morgan fingerprint density at radius 3 is 1.49 bits per heavy atom. The second-order valence-corrected chi connectivity index (χ2v) is 30.1. The van der Waals surface area contributed by atoms with E-state index in [1.54, 1.807) is 0 Å². The molecule has 9 aromatic carbocycles. The van der Waals surface area contributed by atoms with Crippen LogP contribution in [-0.2, 0) is 32.5 Å². The van der Waals surface area contributed by atoms with Gasteiger partial charge >= 0.3 is 0 Å². The Bertz CT molecular complexity index is 4020. The topological polar surface area (TPSA) is 9.72 Å². The lowest BCUT2D eigenvalue weighted by atomic mass is 9.33. The summed E-state index contributed by atoms with van der Waals surface area (Å²) in [6.07, 6.45) is 0. The number of hydrogen-bond acceptors (Lipinski definition) is 3. The van der Waals surface area contributed by atoms with Crippen LogP contribution in [0.3, 0.4) is 0 Å². The molecule has 0 unspecified atom stereocenters. The fourth-order valence-electron chi connectivity index (χ4n) is 13.7. The van der Waals surface area contributed by atoms with E-state index in [2.05, 4.69) is 322 Å². The van der Waals surface area contributed by atoms with Crippen molar-refractivity contribution in [3.8, 4) is 22.3 Å². The van der Waals surface area contributed by atoms with Gasteiger partial charge in [0.05, 0.1) is 11.4 Å². The average Bonchev–Trinajstić information content (AvgIpc) is 1.34. The van der Waals surface area contributed by atoms with Crippen molar-refractivity contribution in [3.05, 3.63) is 226 Å². The van der Waals surface area contributed by atoms with E-state index in [0.717, 1.165) is 17.1 Å². The Labute approximate surface area is 498 Å². The summed E-state index contributed by atoms with van der Waals surface area (Å²) in [7, 11) is 0. The molecule has 9 aromatic rings. The van der Waals surface area contributed by atoms with Gasteiger partial charge in [-0.1, -0.05) is 227 Å². The van der Waals surface area contributed by atoms with Gasteiger partial charge in [-0.15, -0.1) is 0 Å². The van der Waals surface area contributed by atoms with Crippen LogP contribution < -0.4 is 31.1 Å². The van der Waals surface area contributed by atoms with E-state index in [-0.39, 0.29) is 39.2 Å². The third-order valence-corrected chi connectivity index (χ3v) is 18.6. The molecule has 1 aliphatic carbocycles. The molecular weight excluding hydrogens is 1000 g/mol. The Balaban J connectivity index is 1.20. The highest BCUT2D eigenvalue weighted by atomic mass is 15.2. The standard InChI is InChI=1S/C79H86BN3/c1-49-41-55(77(12,13)14)42-50(2)73(49)81(57-33-29-52(30-34-57)74(3,4)5)59-36-38-65-69(48-59)82(58-35-37-61-60-27-23-24-28-63(60)79(18,19)64(61)47-58)70-45-56(78(15,16)17)46-71-72(70)80(65)66-44-54(76(9,10)11)32-40-68(66)83(71)67-39-31-53(75(6,7)8)43-62(67)51-25-21-20-22-26-51/h20-48H,1-19H3. The van der Waals surface area contributed by atoms with Crippen LogP contribution >= 0.6 is 0 Å². The summed E-state index contributed by atoms with van der Waals surface area (Å²) < 4.78 is 0. The zero-order valence-corrected chi connectivity index (χ0v) is 53.2. The Hall–Kier alpha value is -7.56. The molecule has 0 saturated heterocycles. The predicted octanol–water partition coefficient (Wildman–Crippen LogP) is 20.3. The Kier molecular flexibility index (Phi) is 13.0. The molecule has 3 nitrogen and oxygen atoms in total. The summed E-state index contributed by atoms with van der Waals surface area (Å²) >= 11 is 0. The van der Waals surface area contributed by atoms with Crippen molar-refractivity contribution in [1.82, 2.24) is 0 Å². The van der Waals surface area contributed by atoms with Crippen molar-refractivity contribution < 1.29 is 0 Å². The molecule has 3 aliphatic rings. The monoisotopic (exact) mass is 1090 g/mol. The van der Waals surface area contributed by atoms with Crippen LogP contribution in [0.5, 0.6) is 0 Å². The molecule has 4 heteroatoms. The minimum atomic E-state index is -0.200. The van der Waals surface area contributed by atoms with E-state index in [4.69, 9.17) is 0 Å². The lowest BCUT2D eigenvalue weighted by molar-refractivity contribution is 0.589. The van der Waals surface area contributed by atoms with Crippen LogP contribution in [0.2, 0.25) is 0 Å². The van der Waals surface area contributed by atoms with E-state index in [1.165, 1.54) is 123 Å². The SMILES string of the molecule is Cc1cc(C(C)(C)C)cc(C)c1N(c1ccc(C(C)(C)C)cc1)c1ccc2c(c1)N(c1ccc3c(c1)C(C)(C)c1ccccc1-3)c1cc(C(C)(C)C)cc3c1B2c1cc(C(C)(C)C)ccc1N3c1ccc(C(C)(C)C)cc1-c1ccccc1. The van der Waals surface area contributed by atoms with Crippen molar-refractivity contribution in [2.75, 3.05) is 14.7 Å². The first-order chi connectivity index (χ1) is 38.9. The van der Waals surface area contributed by atoms with Crippen molar-refractivity contribution in [2.24, 2.45) is 0 Å². The quantitative estimate of drug-likeness (QED) is 0.154. The zero-order chi connectivity index (χ0) is 59.2. The fourth-order valence-corrected chi connectivity index (χ4v) is 13.7. The van der Waals surface area contributed by atoms with Gasteiger partial charge in [-0.2, -0.15) is 0 Å². The number of rotatable bonds is 6. The van der Waals surface area contributed by atoms with Gasteiger partial charge in [-0.05, 0) is 191 Å². The summed E-state index contributed by atoms with van der Waals surface area (Å²) in [6.45, 7) is 44.5. The Morgan fingerprint density at radius 1 is 0.361 bits per heavy atom. The number of aryl methyl sites for hydroxylation is 2. The highest BCUT2D eigenvalue weighted by Crippen LogP contribution is 2.54. The minimum Gasteiger partial charge on any atom is -0.311 e.